The van der Waals surface area contributed by atoms with Crippen molar-refractivity contribution in [2.24, 2.45) is 0 Å². The van der Waals surface area contributed by atoms with E-state index in [1.54, 1.807) is 7.11 Å². The van der Waals surface area contributed by atoms with Gasteiger partial charge in [0.1, 0.15) is 5.75 Å². The molecule has 0 bridgehead atoms. The van der Waals surface area contributed by atoms with E-state index in [-0.39, 0.29) is 5.78 Å². The van der Waals surface area contributed by atoms with Crippen LogP contribution in [0.25, 0.3) is 0 Å². The number of hydrogen-bond acceptors (Lipinski definition) is 4. The quantitative estimate of drug-likeness (QED) is 0.814. The zero-order valence-electron chi connectivity index (χ0n) is 17.0. The topological polar surface area (TPSA) is 41.6 Å². The Morgan fingerprint density at radius 2 is 2.11 bits per heavy atom. The Labute approximate surface area is 167 Å². The van der Waals surface area contributed by atoms with E-state index >= 15 is 0 Å². The number of anilines is 1. The molecule has 1 unspecified atom stereocenters. The van der Waals surface area contributed by atoms with Gasteiger partial charge in [-0.15, -0.1) is 0 Å². The van der Waals surface area contributed by atoms with Gasteiger partial charge in [-0.2, -0.15) is 0 Å². The van der Waals surface area contributed by atoms with Gasteiger partial charge in [-0.1, -0.05) is 18.2 Å². The second-order valence-electron chi connectivity index (χ2n) is 8.11. The summed E-state index contributed by atoms with van der Waals surface area (Å²) >= 11 is 0. The lowest BCUT2D eigenvalue weighted by Gasteiger charge is -2.30. The predicted molar refractivity (Wildman–Crippen MR) is 114 cm³/mol. The maximum Gasteiger partial charge on any atom is 0.166 e. The van der Waals surface area contributed by atoms with E-state index in [4.69, 9.17) is 4.74 Å². The third-order valence-electron chi connectivity index (χ3n) is 6.17. The van der Waals surface area contributed by atoms with Crippen molar-refractivity contribution in [3.63, 3.8) is 0 Å². The Morgan fingerprint density at radius 3 is 2.96 bits per heavy atom. The van der Waals surface area contributed by atoms with Crippen molar-refractivity contribution >= 4 is 11.5 Å². The predicted octanol–water partition coefficient (Wildman–Crippen LogP) is 4.29. The van der Waals surface area contributed by atoms with Crippen LogP contribution in [0.1, 0.15) is 52.2 Å². The van der Waals surface area contributed by atoms with Crippen molar-refractivity contribution < 1.29 is 9.53 Å². The Hall–Kier alpha value is -2.33. The van der Waals surface area contributed by atoms with Gasteiger partial charge in [0, 0.05) is 37.3 Å². The van der Waals surface area contributed by atoms with Crippen LogP contribution >= 0.6 is 0 Å². The highest BCUT2D eigenvalue weighted by Crippen LogP contribution is 2.37. The summed E-state index contributed by atoms with van der Waals surface area (Å²) in [5.74, 6) is 1.87. The number of nitrogens with one attached hydrogen (secondary N) is 1. The molecule has 1 N–H and O–H groups in total. The van der Waals surface area contributed by atoms with E-state index in [9.17, 15) is 4.79 Å². The Bertz CT molecular complexity index is 862. The molecule has 1 atom stereocenters. The highest BCUT2D eigenvalue weighted by Gasteiger charge is 2.24. The molecule has 0 saturated carbocycles. The maximum atomic E-state index is 12.0. The molecule has 148 valence electrons. The SMILES string of the molecule is COc1cccc2c1CCCC2CN(C)CCc1ccc2c(c1)NCCC2=O. The first kappa shape index (κ1) is 19.0. The van der Waals surface area contributed by atoms with Gasteiger partial charge >= 0.3 is 0 Å². The first-order chi connectivity index (χ1) is 13.7. The number of hydrogen-bond donors (Lipinski definition) is 1. The molecule has 1 aliphatic carbocycles. The molecule has 1 heterocycles. The fraction of sp³-hybridized carbons (Fsp3) is 0.458. The average Bonchev–Trinajstić information content (AvgIpc) is 2.72. The van der Waals surface area contributed by atoms with Crippen molar-refractivity contribution in [1.29, 1.82) is 0 Å². The fourth-order valence-electron chi connectivity index (χ4n) is 4.66. The zero-order chi connectivity index (χ0) is 19.5. The number of nitrogens with zero attached hydrogens (tertiary/aromatic N) is 1. The zero-order valence-corrected chi connectivity index (χ0v) is 17.0. The lowest BCUT2D eigenvalue weighted by Crippen LogP contribution is -2.28. The highest BCUT2D eigenvalue weighted by atomic mass is 16.5. The number of carbonyl (C=O) groups is 1. The minimum Gasteiger partial charge on any atom is -0.496 e. The molecule has 0 fully saturated rings. The third kappa shape index (κ3) is 3.93. The molecule has 4 rings (SSSR count). The Morgan fingerprint density at radius 1 is 1.21 bits per heavy atom. The van der Waals surface area contributed by atoms with Crippen molar-refractivity contribution in [3.8, 4) is 5.75 Å². The largest absolute Gasteiger partial charge is 0.496 e. The number of Topliss-reactive ketones (excluding diaryl/α,β-unsaturated/α-hetero) is 1. The van der Waals surface area contributed by atoms with Crippen LogP contribution in [0, 0.1) is 0 Å². The lowest BCUT2D eigenvalue weighted by atomic mass is 9.82. The summed E-state index contributed by atoms with van der Waals surface area (Å²) in [6.07, 6.45) is 5.20. The third-order valence-corrected chi connectivity index (χ3v) is 6.17. The minimum atomic E-state index is 0.254. The van der Waals surface area contributed by atoms with E-state index < -0.39 is 0 Å². The number of fused-ring (bicyclic) bond motifs is 2. The fourth-order valence-corrected chi connectivity index (χ4v) is 4.66. The number of ketones is 1. The van der Waals surface area contributed by atoms with Crippen molar-refractivity contribution in [1.82, 2.24) is 4.90 Å². The molecular formula is C24H30N2O2. The summed E-state index contributed by atoms with van der Waals surface area (Å²) in [5, 5.41) is 3.36. The van der Waals surface area contributed by atoms with Gasteiger partial charge in [0.15, 0.2) is 5.78 Å². The van der Waals surface area contributed by atoms with Gasteiger partial charge in [-0.05, 0) is 73.5 Å². The van der Waals surface area contributed by atoms with Crippen molar-refractivity contribution in [3.05, 3.63) is 58.7 Å². The summed E-state index contributed by atoms with van der Waals surface area (Å²) in [5.41, 5.74) is 6.01. The molecule has 4 nitrogen and oxygen atoms in total. The number of rotatable bonds is 6. The number of benzene rings is 2. The van der Waals surface area contributed by atoms with Crippen molar-refractivity contribution in [2.45, 2.75) is 38.0 Å². The van der Waals surface area contributed by atoms with Crippen LogP contribution in [-0.2, 0) is 12.8 Å². The summed E-state index contributed by atoms with van der Waals surface area (Å²) in [4.78, 5) is 14.4. The number of carbonyl (C=O) groups excluding carboxylic acids is 1. The van der Waals surface area contributed by atoms with Gasteiger partial charge in [0.05, 0.1) is 7.11 Å². The molecule has 2 aromatic rings. The highest BCUT2D eigenvalue weighted by molar-refractivity contribution is 6.03. The van der Waals surface area contributed by atoms with E-state index in [0.29, 0.717) is 12.3 Å². The van der Waals surface area contributed by atoms with Crippen LogP contribution < -0.4 is 10.1 Å². The molecule has 0 spiro atoms. The molecule has 0 saturated heterocycles. The molecule has 0 aromatic heterocycles. The molecule has 0 radical (unpaired) electrons. The normalized spacial score (nSPS) is 18.4. The first-order valence-corrected chi connectivity index (χ1v) is 10.4. The molecule has 28 heavy (non-hydrogen) atoms. The van der Waals surface area contributed by atoms with Crippen LogP contribution in [0.4, 0.5) is 5.69 Å². The lowest BCUT2D eigenvalue weighted by molar-refractivity contribution is 0.0983. The first-order valence-electron chi connectivity index (χ1n) is 10.4. The van der Waals surface area contributed by atoms with Gasteiger partial charge < -0.3 is 15.0 Å². The van der Waals surface area contributed by atoms with E-state index in [2.05, 4.69) is 47.6 Å². The van der Waals surface area contributed by atoms with Crippen LogP contribution in [0.3, 0.4) is 0 Å². The van der Waals surface area contributed by atoms with Crippen molar-refractivity contribution in [2.75, 3.05) is 39.1 Å². The Kier molecular flexibility index (Phi) is 5.67. The summed E-state index contributed by atoms with van der Waals surface area (Å²) in [7, 11) is 3.99. The average molecular weight is 379 g/mol. The summed E-state index contributed by atoms with van der Waals surface area (Å²) in [6.45, 7) is 2.84. The smallest absolute Gasteiger partial charge is 0.166 e. The number of likely N-dealkylation sites (N-methyl/N-ethyl adjacent to an activating group) is 1. The van der Waals surface area contributed by atoms with E-state index in [1.807, 2.05) is 6.07 Å². The van der Waals surface area contributed by atoms with Gasteiger partial charge in [-0.25, -0.2) is 0 Å². The molecule has 2 aromatic carbocycles. The van der Waals surface area contributed by atoms with Gasteiger partial charge in [-0.3, -0.25) is 4.79 Å². The second-order valence-corrected chi connectivity index (χ2v) is 8.11. The maximum absolute atomic E-state index is 12.0. The second kappa shape index (κ2) is 8.36. The van der Waals surface area contributed by atoms with Crippen LogP contribution in [-0.4, -0.2) is 44.5 Å². The molecule has 1 aliphatic heterocycles. The minimum absolute atomic E-state index is 0.254. The number of methoxy groups -OCH3 is 1. The Balaban J connectivity index is 1.38. The standard InChI is InChI=1S/C24H30N2O2/c1-26(14-12-17-9-10-21-22(15-17)25-13-11-23(21)27)16-18-5-3-7-20-19(18)6-4-8-24(20)28-2/h4,6,8-10,15,18,25H,3,5,7,11-14,16H2,1-2H3. The van der Waals surface area contributed by atoms with E-state index in [0.717, 1.165) is 49.5 Å². The van der Waals surface area contributed by atoms with Gasteiger partial charge in [0.2, 0.25) is 0 Å². The van der Waals surface area contributed by atoms with Gasteiger partial charge in [0.25, 0.3) is 0 Å². The van der Waals surface area contributed by atoms with Crippen LogP contribution in [0.2, 0.25) is 0 Å². The summed E-state index contributed by atoms with van der Waals surface area (Å²) < 4.78 is 5.58. The molecular weight excluding hydrogens is 348 g/mol. The van der Waals surface area contributed by atoms with Crippen LogP contribution in [0.5, 0.6) is 5.75 Å². The molecule has 0 amide bonds. The van der Waals surface area contributed by atoms with Crippen LogP contribution in [0.15, 0.2) is 36.4 Å². The monoisotopic (exact) mass is 378 g/mol. The number of ether oxygens (including phenoxy) is 1. The molecule has 4 heteroatoms. The summed E-state index contributed by atoms with van der Waals surface area (Å²) in [6, 6.07) is 12.7. The molecule has 2 aliphatic rings. The van der Waals surface area contributed by atoms with E-state index in [1.165, 1.54) is 29.5 Å².